The molecule has 212 valence electrons. The first-order valence-electron chi connectivity index (χ1n) is 14.3. The Morgan fingerprint density at radius 1 is 1.18 bits per heavy atom. The molecule has 0 radical (unpaired) electrons. The molecular weight excluding hydrogens is 516 g/mol. The standard InChI is InChI=1S/C29H35F2N7O2/c1-32-28(39)36-9-3-24-22(17-36)27(34-38(24)19-4-11-40-12-5-19)37-10-8-29(6-7-29)23-13-20(18-15-33-35(2)16-18)21(26(30)31)14-25(23)37/h13-16,19,26H,3-12,17H2,1-2H3,(H,32,39). The molecule has 7 rings (SSSR count). The molecule has 2 fully saturated rings. The first kappa shape index (κ1) is 25.5. The Kier molecular flexibility index (Phi) is 6.10. The zero-order valence-corrected chi connectivity index (χ0v) is 23.0. The van der Waals surface area contributed by atoms with Crippen LogP contribution >= 0.6 is 0 Å². The Hall–Kier alpha value is -3.47. The second-order valence-corrected chi connectivity index (χ2v) is 11.6. The Bertz CT molecular complexity index is 1450. The van der Waals surface area contributed by atoms with Crippen LogP contribution in [-0.4, -0.2) is 63.8 Å². The van der Waals surface area contributed by atoms with Crippen molar-refractivity contribution in [1.82, 2.24) is 29.8 Å². The number of amides is 2. The molecule has 9 nitrogen and oxygen atoms in total. The van der Waals surface area contributed by atoms with E-state index >= 15 is 0 Å². The average molecular weight is 552 g/mol. The Balaban J connectivity index is 1.38. The lowest BCUT2D eigenvalue weighted by Gasteiger charge is -2.37. The van der Waals surface area contributed by atoms with Gasteiger partial charge in [-0.15, -0.1) is 0 Å². The number of halogens is 2. The van der Waals surface area contributed by atoms with Crippen molar-refractivity contribution in [1.29, 1.82) is 0 Å². The van der Waals surface area contributed by atoms with Crippen molar-refractivity contribution >= 4 is 17.5 Å². The summed E-state index contributed by atoms with van der Waals surface area (Å²) in [4.78, 5) is 16.6. The first-order valence-corrected chi connectivity index (χ1v) is 14.3. The summed E-state index contributed by atoms with van der Waals surface area (Å²) < 4.78 is 38.6. The van der Waals surface area contributed by atoms with Crippen LogP contribution in [0, 0.1) is 0 Å². The van der Waals surface area contributed by atoms with Crippen molar-refractivity contribution in [2.45, 2.75) is 63.0 Å². The molecule has 0 unspecified atom stereocenters. The number of nitrogens with zero attached hydrogens (tertiary/aromatic N) is 6. The van der Waals surface area contributed by atoms with Crippen molar-refractivity contribution in [2.75, 3.05) is 38.3 Å². The van der Waals surface area contributed by atoms with E-state index in [0.717, 1.165) is 60.4 Å². The number of fused-ring (bicyclic) bond motifs is 3. The third-order valence-corrected chi connectivity index (χ3v) is 9.31. The zero-order valence-electron chi connectivity index (χ0n) is 23.0. The number of anilines is 2. The molecule has 0 atom stereocenters. The Morgan fingerprint density at radius 2 is 1.98 bits per heavy atom. The van der Waals surface area contributed by atoms with E-state index in [9.17, 15) is 13.6 Å². The number of aromatic nitrogens is 4. The van der Waals surface area contributed by atoms with E-state index < -0.39 is 6.43 Å². The highest BCUT2D eigenvalue weighted by atomic mass is 19.3. The number of carbonyl (C=O) groups is 1. The smallest absolute Gasteiger partial charge is 0.317 e. The number of urea groups is 1. The lowest BCUT2D eigenvalue weighted by molar-refractivity contribution is 0.0651. The number of alkyl halides is 2. The second kappa shape index (κ2) is 9.57. The lowest BCUT2D eigenvalue weighted by Crippen LogP contribution is -2.42. The van der Waals surface area contributed by atoms with Gasteiger partial charge in [0.2, 0.25) is 0 Å². The van der Waals surface area contributed by atoms with Gasteiger partial charge in [-0.2, -0.15) is 10.2 Å². The van der Waals surface area contributed by atoms with Crippen LogP contribution in [0.5, 0.6) is 0 Å². The maximum absolute atomic E-state index is 14.6. The summed E-state index contributed by atoms with van der Waals surface area (Å²) in [6.07, 6.45) is 6.38. The minimum Gasteiger partial charge on any atom is -0.381 e. The van der Waals surface area contributed by atoms with E-state index in [-0.39, 0.29) is 23.1 Å². The largest absolute Gasteiger partial charge is 0.381 e. The number of benzene rings is 1. The van der Waals surface area contributed by atoms with Gasteiger partial charge in [0, 0.05) is 81.1 Å². The SMILES string of the molecule is CNC(=O)N1CCc2c(c(N3CCC4(CC4)c4cc(-c5cnn(C)c5)c(C(F)F)cc43)nn2C2CCOCC2)C1. The van der Waals surface area contributed by atoms with Gasteiger partial charge in [0.15, 0.2) is 5.82 Å². The van der Waals surface area contributed by atoms with Crippen LogP contribution in [0.4, 0.5) is 25.1 Å². The molecule has 1 saturated carbocycles. The molecule has 3 aromatic rings. The van der Waals surface area contributed by atoms with Gasteiger partial charge in [0.25, 0.3) is 6.43 Å². The van der Waals surface area contributed by atoms with E-state index in [1.807, 2.05) is 11.0 Å². The fraction of sp³-hybridized carbons (Fsp3) is 0.552. The molecule has 4 aliphatic rings. The number of carbonyl (C=O) groups excluding carboxylic acids is 1. The van der Waals surface area contributed by atoms with Gasteiger partial charge in [-0.25, -0.2) is 13.6 Å². The Labute approximate surface area is 232 Å². The third kappa shape index (κ3) is 4.08. The van der Waals surface area contributed by atoms with Gasteiger partial charge in [-0.05, 0) is 60.8 Å². The predicted octanol–water partition coefficient (Wildman–Crippen LogP) is 4.84. The van der Waals surface area contributed by atoms with Crippen molar-refractivity contribution in [3.8, 4) is 11.1 Å². The van der Waals surface area contributed by atoms with E-state index in [4.69, 9.17) is 9.84 Å². The number of rotatable bonds is 4. The summed E-state index contributed by atoms with van der Waals surface area (Å²) in [5.74, 6) is 0.793. The summed E-state index contributed by atoms with van der Waals surface area (Å²) >= 11 is 0. The maximum Gasteiger partial charge on any atom is 0.317 e. The van der Waals surface area contributed by atoms with Crippen LogP contribution in [0.15, 0.2) is 24.5 Å². The summed E-state index contributed by atoms with van der Waals surface area (Å²) in [6, 6.07) is 3.80. The number of aryl methyl sites for hydroxylation is 1. The number of hydrogen-bond donors (Lipinski definition) is 1. The van der Waals surface area contributed by atoms with E-state index in [1.165, 1.54) is 0 Å². The molecule has 2 aromatic heterocycles. The molecule has 1 spiro atoms. The summed E-state index contributed by atoms with van der Waals surface area (Å²) in [5, 5.41) is 12.2. The molecule has 1 saturated heterocycles. The molecule has 2 amide bonds. The van der Waals surface area contributed by atoms with Crippen LogP contribution in [-0.2, 0) is 30.2 Å². The van der Waals surface area contributed by atoms with Gasteiger partial charge >= 0.3 is 6.03 Å². The summed E-state index contributed by atoms with van der Waals surface area (Å²) in [7, 11) is 3.44. The van der Waals surface area contributed by atoms with Gasteiger partial charge in [0.1, 0.15) is 0 Å². The highest BCUT2D eigenvalue weighted by Crippen LogP contribution is 2.59. The second-order valence-electron chi connectivity index (χ2n) is 11.6. The topological polar surface area (TPSA) is 80.5 Å². The number of ether oxygens (including phenoxy) is 1. The van der Waals surface area contributed by atoms with Crippen LogP contribution < -0.4 is 10.2 Å². The maximum atomic E-state index is 14.6. The highest BCUT2D eigenvalue weighted by molar-refractivity contribution is 5.79. The van der Waals surface area contributed by atoms with E-state index in [1.54, 1.807) is 37.2 Å². The van der Waals surface area contributed by atoms with Gasteiger partial charge in [-0.1, -0.05) is 0 Å². The van der Waals surface area contributed by atoms with Crippen LogP contribution in [0.2, 0.25) is 0 Å². The van der Waals surface area contributed by atoms with Gasteiger partial charge in [-0.3, -0.25) is 9.36 Å². The normalized spacial score (nSPS) is 20.1. The Morgan fingerprint density at radius 3 is 2.65 bits per heavy atom. The number of nitrogens with one attached hydrogen (secondary N) is 1. The average Bonchev–Trinajstić information content (AvgIpc) is 3.45. The minimum atomic E-state index is -2.63. The van der Waals surface area contributed by atoms with Crippen LogP contribution in [0.25, 0.3) is 11.1 Å². The first-order chi connectivity index (χ1) is 19.4. The monoisotopic (exact) mass is 551 g/mol. The molecule has 5 heterocycles. The molecule has 1 N–H and O–H groups in total. The summed E-state index contributed by atoms with van der Waals surface area (Å²) in [5.41, 5.74) is 5.41. The molecule has 0 bridgehead atoms. The van der Waals surface area contributed by atoms with Crippen molar-refractivity contribution < 1.29 is 18.3 Å². The lowest BCUT2D eigenvalue weighted by atomic mass is 9.83. The fourth-order valence-electron chi connectivity index (χ4n) is 6.92. The predicted molar refractivity (Wildman–Crippen MR) is 146 cm³/mol. The molecule has 3 aliphatic heterocycles. The van der Waals surface area contributed by atoms with Crippen molar-refractivity contribution in [3.63, 3.8) is 0 Å². The zero-order chi connectivity index (χ0) is 27.6. The van der Waals surface area contributed by atoms with Crippen LogP contribution in [0.3, 0.4) is 0 Å². The molecule has 40 heavy (non-hydrogen) atoms. The quantitative estimate of drug-likeness (QED) is 0.502. The molecule has 1 aliphatic carbocycles. The third-order valence-electron chi connectivity index (χ3n) is 9.31. The van der Waals surface area contributed by atoms with Crippen molar-refractivity contribution in [3.05, 3.63) is 46.9 Å². The number of hydrogen-bond acceptors (Lipinski definition) is 5. The summed E-state index contributed by atoms with van der Waals surface area (Å²) in [6.45, 7) is 3.16. The van der Waals surface area contributed by atoms with Crippen LogP contribution in [0.1, 0.15) is 67.0 Å². The minimum absolute atomic E-state index is 0.0131. The van der Waals surface area contributed by atoms with Gasteiger partial charge in [0.05, 0.1) is 18.8 Å². The molecular formula is C29H35F2N7O2. The fourth-order valence-corrected chi connectivity index (χ4v) is 6.92. The van der Waals surface area contributed by atoms with Gasteiger partial charge < -0.3 is 19.9 Å². The van der Waals surface area contributed by atoms with E-state index in [0.29, 0.717) is 50.4 Å². The molecule has 11 heteroatoms. The highest BCUT2D eigenvalue weighted by Gasteiger charge is 2.50. The van der Waals surface area contributed by atoms with Crippen molar-refractivity contribution in [2.24, 2.45) is 7.05 Å². The van der Waals surface area contributed by atoms with E-state index in [2.05, 4.69) is 20.0 Å². The molecule has 1 aromatic carbocycles.